The monoisotopic (exact) mass is 473 g/mol. The van der Waals surface area contributed by atoms with Gasteiger partial charge in [-0.15, -0.1) is 17.0 Å². The summed E-state index contributed by atoms with van der Waals surface area (Å²) in [6, 6.07) is 13.4. The van der Waals surface area contributed by atoms with Crippen LogP contribution in [0.3, 0.4) is 0 Å². The van der Waals surface area contributed by atoms with E-state index < -0.39 is 0 Å². The van der Waals surface area contributed by atoms with Gasteiger partial charge < -0.3 is 4.90 Å². The van der Waals surface area contributed by atoms with Crippen molar-refractivity contribution < 1.29 is 0 Å². The number of benzene rings is 2. The van der Waals surface area contributed by atoms with E-state index in [0.29, 0.717) is 0 Å². The minimum Gasteiger partial charge on any atom is -0.341 e. The molecule has 0 fully saturated rings. The number of unbranched alkanes of at least 4 members (excludes halogenated alkanes) is 9. The molecule has 0 saturated heterocycles. The standard InChI is InChI=1S/C28H43N.BrH/c1-6-7-8-9-10-11-12-13-14-15-22-29(27-20-16-18-23(2)25(27)4)28-21-17-19-24(3)26(28)5;/h16-21H,6-15,22H2,1-5H3;1H. The van der Waals surface area contributed by atoms with Gasteiger partial charge in [-0.25, -0.2) is 0 Å². The van der Waals surface area contributed by atoms with Crippen LogP contribution in [0.25, 0.3) is 0 Å². The largest absolute Gasteiger partial charge is 0.341 e. The van der Waals surface area contributed by atoms with Crippen LogP contribution in [0, 0.1) is 27.7 Å². The number of hydrogen-bond donors (Lipinski definition) is 0. The minimum absolute atomic E-state index is 0. The molecule has 2 aromatic carbocycles. The fraction of sp³-hybridized carbons (Fsp3) is 0.571. The highest BCUT2D eigenvalue weighted by Gasteiger charge is 2.15. The Labute approximate surface area is 197 Å². The zero-order valence-corrected chi connectivity index (χ0v) is 21.8. The fourth-order valence-electron chi connectivity index (χ4n) is 4.18. The summed E-state index contributed by atoms with van der Waals surface area (Å²) in [6.45, 7) is 12.4. The summed E-state index contributed by atoms with van der Waals surface area (Å²) < 4.78 is 0. The fourth-order valence-corrected chi connectivity index (χ4v) is 4.18. The van der Waals surface area contributed by atoms with Crippen molar-refractivity contribution in [2.75, 3.05) is 11.4 Å². The molecule has 2 aromatic rings. The van der Waals surface area contributed by atoms with Gasteiger partial charge in [-0.1, -0.05) is 89.0 Å². The van der Waals surface area contributed by atoms with Gasteiger partial charge in [0.1, 0.15) is 0 Å². The van der Waals surface area contributed by atoms with Crippen LogP contribution in [0.4, 0.5) is 11.4 Å². The average molecular weight is 475 g/mol. The molecule has 0 unspecified atom stereocenters. The molecule has 0 aliphatic heterocycles. The van der Waals surface area contributed by atoms with Crippen LogP contribution in [0.1, 0.15) is 93.4 Å². The van der Waals surface area contributed by atoms with Crippen molar-refractivity contribution in [3.63, 3.8) is 0 Å². The van der Waals surface area contributed by atoms with E-state index in [0.717, 1.165) is 6.54 Å². The maximum atomic E-state index is 2.56. The SMILES string of the molecule is Br.CCCCCCCCCCCCN(c1cccc(C)c1C)c1cccc(C)c1C. The molecule has 0 heterocycles. The van der Waals surface area contributed by atoms with Crippen LogP contribution < -0.4 is 4.90 Å². The predicted molar refractivity (Wildman–Crippen MR) is 141 cm³/mol. The van der Waals surface area contributed by atoms with Gasteiger partial charge in [-0.05, 0) is 68.5 Å². The van der Waals surface area contributed by atoms with Gasteiger partial charge in [-0.3, -0.25) is 0 Å². The first-order chi connectivity index (χ1) is 14.1. The van der Waals surface area contributed by atoms with Gasteiger partial charge in [0, 0.05) is 17.9 Å². The van der Waals surface area contributed by atoms with Crippen molar-refractivity contribution in [1.82, 2.24) is 0 Å². The summed E-state index contributed by atoms with van der Waals surface area (Å²) in [7, 11) is 0. The Bertz CT molecular complexity index is 686. The highest BCUT2D eigenvalue weighted by atomic mass is 79.9. The lowest BCUT2D eigenvalue weighted by molar-refractivity contribution is 0.557. The molecular formula is C28H44BrN. The predicted octanol–water partition coefficient (Wildman–Crippen LogP) is 9.56. The number of rotatable bonds is 13. The van der Waals surface area contributed by atoms with Crippen LogP contribution in [0.5, 0.6) is 0 Å². The van der Waals surface area contributed by atoms with E-state index in [1.54, 1.807) is 0 Å². The second-order valence-electron chi connectivity index (χ2n) is 8.77. The Morgan fingerprint density at radius 1 is 0.567 bits per heavy atom. The molecule has 0 radical (unpaired) electrons. The lowest BCUT2D eigenvalue weighted by Crippen LogP contribution is -2.21. The van der Waals surface area contributed by atoms with E-state index in [1.165, 1.54) is 97.8 Å². The van der Waals surface area contributed by atoms with E-state index in [9.17, 15) is 0 Å². The summed E-state index contributed by atoms with van der Waals surface area (Å²) in [6.07, 6.45) is 13.8. The van der Waals surface area contributed by atoms with Crippen LogP contribution in [-0.2, 0) is 0 Å². The van der Waals surface area contributed by atoms with Crippen LogP contribution in [-0.4, -0.2) is 6.54 Å². The third-order valence-corrected chi connectivity index (χ3v) is 6.47. The number of aryl methyl sites for hydroxylation is 2. The minimum atomic E-state index is 0. The molecule has 0 saturated carbocycles. The molecule has 30 heavy (non-hydrogen) atoms. The molecule has 0 aliphatic carbocycles. The Kier molecular flexibility index (Phi) is 13.1. The number of anilines is 2. The maximum Gasteiger partial charge on any atom is 0.0443 e. The molecule has 0 atom stereocenters. The average Bonchev–Trinajstić information content (AvgIpc) is 2.71. The molecule has 168 valence electrons. The topological polar surface area (TPSA) is 3.24 Å². The van der Waals surface area contributed by atoms with Crippen LogP contribution >= 0.6 is 17.0 Å². The number of hydrogen-bond acceptors (Lipinski definition) is 1. The quantitative estimate of drug-likeness (QED) is 0.261. The molecular weight excluding hydrogens is 430 g/mol. The Balaban J connectivity index is 0.00000450. The molecule has 0 aromatic heterocycles. The van der Waals surface area contributed by atoms with Gasteiger partial charge in [0.25, 0.3) is 0 Å². The van der Waals surface area contributed by atoms with Gasteiger partial charge in [0.05, 0.1) is 0 Å². The third kappa shape index (κ3) is 8.10. The highest BCUT2D eigenvalue weighted by molar-refractivity contribution is 8.93. The molecule has 0 spiro atoms. The zero-order valence-electron chi connectivity index (χ0n) is 20.1. The second kappa shape index (κ2) is 14.7. The van der Waals surface area contributed by atoms with Gasteiger partial charge in [-0.2, -0.15) is 0 Å². The Hall–Kier alpha value is -1.28. The molecule has 0 bridgehead atoms. The van der Waals surface area contributed by atoms with Crippen LogP contribution in [0.2, 0.25) is 0 Å². The number of nitrogens with zero attached hydrogens (tertiary/aromatic N) is 1. The van der Waals surface area contributed by atoms with Crippen molar-refractivity contribution in [2.24, 2.45) is 0 Å². The van der Waals surface area contributed by atoms with Gasteiger partial charge in [0.15, 0.2) is 0 Å². The lowest BCUT2D eigenvalue weighted by Gasteiger charge is -2.29. The normalized spacial score (nSPS) is 10.7. The summed E-state index contributed by atoms with van der Waals surface area (Å²) in [5, 5.41) is 0. The van der Waals surface area contributed by atoms with E-state index in [2.05, 4.69) is 75.9 Å². The summed E-state index contributed by atoms with van der Waals surface area (Å²) >= 11 is 0. The first kappa shape index (κ1) is 26.8. The van der Waals surface area contributed by atoms with Crippen molar-refractivity contribution in [3.05, 3.63) is 58.7 Å². The van der Waals surface area contributed by atoms with Gasteiger partial charge in [0.2, 0.25) is 0 Å². The maximum absolute atomic E-state index is 2.56. The van der Waals surface area contributed by atoms with E-state index >= 15 is 0 Å². The summed E-state index contributed by atoms with van der Waals surface area (Å²) in [5.41, 5.74) is 8.30. The summed E-state index contributed by atoms with van der Waals surface area (Å²) in [4.78, 5) is 2.56. The van der Waals surface area contributed by atoms with E-state index in [1.807, 2.05) is 0 Å². The first-order valence-electron chi connectivity index (χ1n) is 12.0. The highest BCUT2D eigenvalue weighted by Crippen LogP contribution is 2.33. The second-order valence-corrected chi connectivity index (χ2v) is 8.77. The van der Waals surface area contributed by atoms with Crippen molar-refractivity contribution in [2.45, 2.75) is 98.8 Å². The molecule has 0 N–H and O–H groups in total. The van der Waals surface area contributed by atoms with E-state index in [-0.39, 0.29) is 17.0 Å². The third-order valence-electron chi connectivity index (χ3n) is 6.47. The smallest absolute Gasteiger partial charge is 0.0443 e. The molecule has 2 heteroatoms. The van der Waals surface area contributed by atoms with Crippen molar-refractivity contribution >= 4 is 28.4 Å². The molecule has 1 nitrogen and oxygen atoms in total. The Morgan fingerprint density at radius 2 is 0.967 bits per heavy atom. The first-order valence-corrected chi connectivity index (χ1v) is 12.0. The lowest BCUT2D eigenvalue weighted by atomic mass is 10.0. The van der Waals surface area contributed by atoms with Gasteiger partial charge >= 0.3 is 0 Å². The van der Waals surface area contributed by atoms with E-state index in [4.69, 9.17) is 0 Å². The van der Waals surface area contributed by atoms with Crippen LogP contribution in [0.15, 0.2) is 36.4 Å². The van der Waals surface area contributed by atoms with Crippen molar-refractivity contribution in [1.29, 1.82) is 0 Å². The molecule has 2 rings (SSSR count). The Morgan fingerprint density at radius 3 is 1.40 bits per heavy atom. The molecule has 0 amide bonds. The van der Waals surface area contributed by atoms with Crippen molar-refractivity contribution in [3.8, 4) is 0 Å². The number of halogens is 1. The zero-order chi connectivity index (χ0) is 21.1. The summed E-state index contributed by atoms with van der Waals surface area (Å²) in [5.74, 6) is 0. The molecule has 0 aliphatic rings.